The standard InChI is InChI=1S/C22H37FO4/c1-3-13-26-21(24)18-7-5-16(6-8-18)15-20(23)17-9-11-19(12-10-17)22(25)27-14-4-2/h16-20H,3-15H2,1-2H3. The minimum absolute atomic E-state index is 0.00966. The molecule has 1 atom stereocenters. The number of alkyl halides is 1. The van der Waals surface area contributed by atoms with Gasteiger partial charge in [0.1, 0.15) is 6.17 Å². The Morgan fingerprint density at radius 2 is 1.26 bits per heavy atom. The Labute approximate surface area is 163 Å². The molecular formula is C22H37FO4. The molecule has 2 aliphatic rings. The fourth-order valence-electron chi connectivity index (χ4n) is 4.50. The van der Waals surface area contributed by atoms with Gasteiger partial charge in [0.05, 0.1) is 25.0 Å². The molecule has 2 fully saturated rings. The minimum atomic E-state index is -0.786. The summed E-state index contributed by atoms with van der Waals surface area (Å²) < 4.78 is 25.3. The first-order chi connectivity index (χ1) is 13.0. The number of esters is 2. The molecule has 0 bridgehead atoms. The predicted octanol–water partition coefficient (Wildman–Crippen LogP) is 5.23. The molecule has 0 heterocycles. The molecule has 2 rings (SSSR count). The summed E-state index contributed by atoms with van der Waals surface area (Å²) in [6.07, 6.45) is 8.08. The summed E-state index contributed by atoms with van der Waals surface area (Å²) in [5.74, 6) is 0.259. The zero-order chi connectivity index (χ0) is 19.6. The van der Waals surface area contributed by atoms with Crippen LogP contribution in [0.5, 0.6) is 0 Å². The van der Waals surface area contributed by atoms with Gasteiger partial charge < -0.3 is 9.47 Å². The van der Waals surface area contributed by atoms with Crippen LogP contribution in [-0.2, 0) is 19.1 Å². The normalized spacial score (nSPS) is 29.7. The summed E-state index contributed by atoms with van der Waals surface area (Å²) in [5, 5.41) is 0. The highest BCUT2D eigenvalue weighted by Gasteiger charge is 2.34. The Morgan fingerprint density at radius 3 is 1.70 bits per heavy atom. The molecule has 5 heteroatoms. The molecule has 0 N–H and O–H groups in total. The number of rotatable bonds is 9. The lowest BCUT2D eigenvalue weighted by Crippen LogP contribution is -2.30. The predicted molar refractivity (Wildman–Crippen MR) is 103 cm³/mol. The third kappa shape index (κ3) is 7.08. The van der Waals surface area contributed by atoms with E-state index in [1.54, 1.807) is 0 Å². The van der Waals surface area contributed by atoms with Crippen molar-refractivity contribution in [3.63, 3.8) is 0 Å². The second-order valence-electron chi connectivity index (χ2n) is 8.42. The van der Waals surface area contributed by atoms with Crippen LogP contribution in [0, 0.1) is 23.7 Å². The quantitative estimate of drug-likeness (QED) is 0.511. The molecule has 2 saturated carbocycles. The van der Waals surface area contributed by atoms with E-state index in [9.17, 15) is 14.0 Å². The first-order valence-corrected chi connectivity index (χ1v) is 11.0. The summed E-state index contributed by atoms with van der Waals surface area (Å²) in [4.78, 5) is 23.9. The summed E-state index contributed by atoms with van der Waals surface area (Å²) in [6.45, 7) is 4.96. The summed E-state index contributed by atoms with van der Waals surface area (Å²) in [5.41, 5.74) is 0. The molecule has 0 aromatic rings. The molecule has 0 saturated heterocycles. The monoisotopic (exact) mass is 384 g/mol. The Hall–Kier alpha value is -1.13. The lowest BCUT2D eigenvalue weighted by atomic mass is 9.75. The molecule has 0 aromatic carbocycles. The van der Waals surface area contributed by atoms with Crippen LogP contribution in [0.3, 0.4) is 0 Å². The fraction of sp³-hybridized carbons (Fsp3) is 0.909. The van der Waals surface area contributed by atoms with E-state index in [2.05, 4.69) is 0 Å². The van der Waals surface area contributed by atoms with Gasteiger partial charge in [0.2, 0.25) is 0 Å². The molecule has 0 aromatic heterocycles. The van der Waals surface area contributed by atoms with Crippen molar-refractivity contribution in [2.24, 2.45) is 23.7 Å². The van der Waals surface area contributed by atoms with Gasteiger partial charge in [-0.15, -0.1) is 0 Å². The SMILES string of the molecule is CCCOC(=O)C1CCC(CC(F)C2CCC(C(=O)OCCC)CC2)CC1. The Balaban J connectivity index is 1.66. The maximum atomic E-state index is 14.8. The number of ether oxygens (including phenoxy) is 2. The second kappa shape index (κ2) is 11.7. The van der Waals surface area contributed by atoms with E-state index in [1.807, 2.05) is 13.8 Å². The van der Waals surface area contributed by atoms with E-state index in [0.717, 1.165) is 64.2 Å². The van der Waals surface area contributed by atoms with Gasteiger partial charge in [-0.25, -0.2) is 4.39 Å². The van der Waals surface area contributed by atoms with E-state index < -0.39 is 6.17 Å². The van der Waals surface area contributed by atoms with E-state index >= 15 is 0 Å². The van der Waals surface area contributed by atoms with E-state index in [4.69, 9.17) is 9.47 Å². The second-order valence-corrected chi connectivity index (χ2v) is 8.42. The maximum Gasteiger partial charge on any atom is 0.308 e. The number of hydrogen-bond acceptors (Lipinski definition) is 4. The topological polar surface area (TPSA) is 52.6 Å². The molecule has 156 valence electrons. The van der Waals surface area contributed by atoms with Crippen molar-refractivity contribution < 1.29 is 23.5 Å². The van der Waals surface area contributed by atoms with Crippen LogP contribution in [0.2, 0.25) is 0 Å². The zero-order valence-electron chi connectivity index (χ0n) is 17.1. The van der Waals surface area contributed by atoms with Gasteiger partial charge in [-0.3, -0.25) is 9.59 Å². The number of hydrogen-bond donors (Lipinski definition) is 0. The van der Waals surface area contributed by atoms with Crippen LogP contribution in [0.1, 0.15) is 84.5 Å². The highest BCUT2D eigenvalue weighted by atomic mass is 19.1. The Kier molecular flexibility index (Phi) is 9.57. The third-order valence-corrected chi connectivity index (χ3v) is 6.25. The van der Waals surface area contributed by atoms with Crippen LogP contribution in [-0.4, -0.2) is 31.3 Å². The van der Waals surface area contributed by atoms with Crippen molar-refractivity contribution in [2.45, 2.75) is 90.6 Å². The van der Waals surface area contributed by atoms with E-state index in [0.29, 0.717) is 25.6 Å². The molecule has 0 amide bonds. The highest BCUT2D eigenvalue weighted by Crippen LogP contribution is 2.38. The zero-order valence-corrected chi connectivity index (χ0v) is 17.1. The van der Waals surface area contributed by atoms with Crippen molar-refractivity contribution in [1.29, 1.82) is 0 Å². The van der Waals surface area contributed by atoms with Crippen molar-refractivity contribution in [1.82, 2.24) is 0 Å². The van der Waals surface area contributed by atoms with Crippen molar-refractivity contribution in [2.75, 3.05) is 13.2 Å². The summed E-state index contributed by atoms with van der Waals surface area (Å²) in [7, 11) is 0. The van der Waals surface area contributed by atoms with Crippen molar-refractivity contribution in [3.05, 3.63) is 0 Å². The van der Waals surface area contributed by atoms with Gasteiger partial charge in [-0.2, -0.15) is 0 Å². The first-order valence-electron chi connectivity index (χ1n) is 11.0. The summed E-state index contributed by atoms with van der Waals surface area (Å²) >= 11 is 0. The molecule has 1 unspecified atom stereocenters. The van der Waals surface area contributed by atoms with Gasteiger partial charge >= 0.3 is 11.9 Å². The average molecular weight is 385 g/mol. The van der Waals surface area contributed by atoms with Gasteiger partial charge in [-0.1, -0.05) is 13.8 Å². The van der Waals surface area contributed by atoms with Crippen LogP contribution in [0.25, 0.3) is 0 Å². The minimum Gasteiger partial charge on any atom is -0.465 e. The molecule has 2 aliphatic carbocycles. The highest BCUT2D eigenvalue weighted by molar-refractivity contribution is 5.72. The fourth-order valence-corrected chi connectivity index (χ4v) is 4.50. The lowest BCUT2D eigenvalue weighted by Gasteiger charge is -2.33. The molecule has 4 nitrogen and oxygen atoms in total. The molecule has 27 heavy (non-hydrogen) atoms. The number of carbonyl (C=O) groups excluding carboxylic acids is 2. The average Bonchev–Trinajstić information content (AvgIpc) is 2.70. The van der Waals surface area contributed by atoms with Crippen LogP contribution >= 0.6 is 0 Å². The van der Waals surface area contributed by atoms with E-state index in [1.165, 1.54) is 0 Å². The first kappa shape index (κ1) is 22.2. The van der Waals surface area contributed by atoms with Gasteiger partial charge in [0.25, 0.3) is 0 Å². The van der Waals surface area contributed by atoms with Gasteiger partial charge in [0.15, 0.2) is 0 Å². The van der Waals surface area contributed by atoms with Crippen LogP contribution in [0.4, 0.5) is 4.39 Å². The molecule has 0 spiro atoms. The smallest absolute Gasteiger partial charge is 0.308 e. The molecule has 0 radical (unpaired) electrons. The number of halogens is 1. The number of carbonyl (C=O) groups is 2. The Bertz CT molecular complexity index is 451. The van der Waals surface area contributed by atoms with Gasteiger partial charge in [-0.05, 0) is 82.5 Å². The third-order valence-electron chi connectivity index (χ3n) is 6.25. The van der Waals surface area contributed by atoms with Gasteiger partial charge in [0, 0.05) is 0 Å². The summed E-state index contributed by atoms with van der Waals surface area (Å²) in [6, 6.07) is 0. The largest absolute Gasteiger partial charge is 0.465 e. The van der Waals surface area contributed by atoms with Crippen molar-refractivity contribution in [3.8, 4) is 0 Å². The van der Waals surface area contributed by atoms with Crippen molar-refractivity contribution >= 4 is 11.9 Å². The maximum absolute atomic E-state index is 14.8. The van der Waals surface area contributed by atoms with E-state index in [-0.39, 0.29) is 29.7 Å². The molecule has 0 aliphatic heterocycles. The molecular weight excluding hydrogens is 347 g/mol. The van der Waals surface area contributed by atoms with Crippen LogP contribution < -0.4 is 0 Å². The lowest BCUT2D eigenvalue weighted by molar-refractivity contribution is -0.151. The van der Waals surface area contributed by atoms with Crippen LogP contribution in [0.15, 0.2) is 0 Å². The Morgan fingerprint density at radius 1 is 0.815 bits per heavy atom.